The molecule has 0 radical (unpaired) electrons. The van der Waals surface area contributed by atoms with Gasteiger partial charge in [0.1, 0.15) is 5.56 Å². The van der Waals surface area contributed by atoms with Crippen molar-refractivity contribution in [3.05, 3.63) is 69.5 Å². The first-order chi connectivity index (χ1) is 15.3. The van der Waals surface area contributed by atoms with E-state index in [2.05, 4.69) is 0 Å². The first-order valence-corrected chi connectivity index (χ1v) is 10.3. The molecule has 2 aromatic carbocycles. The van der Waals surface area contributed by atoms with Crippen molar-refractivity contribution >= 4 is 40.2 Å². The SMILES string of the molecule is CCN(C(=O)c1c(OCOC(=O)N(C)C)c2c(Cl)cccc2n(C)c1=O)c1ccccc1. The Morgan fingerprint density at radius 3 is 2.38 bits per heavy atom. The van der Waals surface area contributed by atoms with Crippen LogP contribution in [0.3, 0.4) is 0 Å². The molecule has 0 spiro atoms. The van der Waals surface area contributed by atoms with Crippen LogP contribution >= 0.6 is 11.6 Å². The van der Waals surface area contributed by atoms with Gasteiger partial charge in [-0.1, -0.05) is 35.9 Å². The summed E-state index contributed by atoms with van der Waals surface area (Å²) in [7, 11) is 4.62. The van der Waals surface area contributed by atoms with Crippen LogP contribution in [0.1, 0.15) is 17.3 Å². The van der Waals surface area contributed by atoms with Crippen LogP contribution in [0.5, 0.6) is 5.75 Å². The zero-order valence-corrected chi connectivity index (χ0v) is 19.0. The maximum Gasteiger partial charge on any atom is 0.412 e. The summed E-state index contributed by atoms with van der Waals surface area (Å²) in [4.78, 5) is 41.4. The second kappa shape index (κ2) is 9.74. The zero-order chi connectivity index (χ0) is 23.4. The molecule has 3 rings (SSSR count). The highest BCUT2D eigenvalue weighted by Crippen LogP contribution is 2.34. The molecule has 2 amide bonds. The molecule has 0 N–H and O–H groups in total. The zero-order valence-electron chi connectivity index (χ0n) is 18.3. The van der Waals surface area contributed by atoms with Crippen LogP contribution in [0.2, 0.25) is 5.02 Å². The van der Waals surface area contributed by atoms with E-state index in [0.717, 1.165) is 0 Å². The number of hydrogen-bond acceptors (Lipinski definition) is 5. The lowest BCUT2D eigenvalue weighted by Crippen LogP contribution is -2.37. The van der Waals surface area contributed by atoms with Gasteiger partial charge in [0.2, 0.25) is 6.79 Å². The van der Waals surface area contributed by atoms with Crippen LogP contribution in [-0.4, -0.2) is 48.9 Å². The van der Waals surface area contributed by atoms with E-state index in [9.17, 15) is 14.4 Å². The van der Waals surface area contributed by atoms with Crippen molar-refractivity contribution in [2.45, 2.75) is 6.92 Å². The molecule has 3 aromatic rings. The Balaban J connectivity index is 2.18. The average Bonchev–Trinajstić information content (AvgIpc) is 2.78. The number of pyridine rings is 1. The van der Waals surface area contributed by atoms with Gasteiger partial charge in [-0.25, -0.2) is 4.79 Å². The average molecular weight is 458 g/mol. The normalized spacial score (nSPS) is 10.7. The Morgan fingerprint density at radius 1 is 1.06 bits per heavy atom. The maximum absolute atomic E-state index is 13.6. The van der Waals surface area contributed by atoms with Crippen molar-refractivity contribution in [1.82, 2.24) is 9.47 Å². The van der Waals surface area contributed by atoms with Crippen LogP contribution in [0.25, 0.3) is 10.9 Å². The van der Waals surface area contributed by atoms with Gasteiger partial charge in [-0.15, -0.1) is 0 Å². The summed E-state index contributed by atoms with van der Waals surface area (Å²) in [5, 5.41) is 0.675. The Bertz CT molecular complexity index is 1210. The first-order valence-electron chi connectivity index (χ1n) is 9.92. The molecule has 9 heteroatoms. The lowest BCUT2D eigenvalue weighted by atomic mass is 10.1. The quantitative estimate of drug-likeness (QED) is 0.524. The van der Waals surface area contributed by atoms with Gasteiger partial charge in [-0.05, 0) is 31.2 Å². The third kappa shape index (κ3) is 4.40. The number of para-hydroxylation sites is 1. The molecular formula is C23H24ClN3O5. The fourth-order valence-electron chi connectivity index (χ4n) is 3.30. The molecule has 0 aliphatic rings. The van der Waals surface area contributed by atoms with Crippen molar-refractivity contribution in [2.24, 2.45) is 7.05 Å². The van der Waals surface area contributed by atoms with E-state index >= 15 is 0 Å². The highest BCUT2D eigenvalue weighted by molar-refractivity contribution is 6.36. The maximum atomic E-state index is 13.6. The van der Waals surface area contributed by atoms with E-state index in [1.165, 1.54) is 28.5 Å². The molecule has 8 nitrogen and oxygen atoms in total. The second-order valence-corrected chi connectivity index (χ2v) is 7.56. The van der Waals surface area contributed by atoms with E-state index in [1.807, 2.05) is 13.0 Å². The van der Waals surface area contributed by atoms with Crippen molar-refractivity contribution in [3.8, 4) is 5.75 Å². The molecular weight excluding hydrogens is 434 g/mol. The number of aryl methyl sites for hydroxylation is 1. The summed E-state index contributed by atoms with van der Waals surface area (Å²) in [5.74, 6) is -0.574. The van der Waals surface area contributed by atoms with E-state index in [4.69, 9.17) is 21.1 Å². The fourth-order valence-corrected chi connectivity index (χ4v) is 3.56. The van der Waals surface area contributed by atoms with Crippen LogP contribution in [-0.2, 0) is 11.8 Å². The molecule has 0 aliphatic heterocycles. The lowest BCUT2D eigenvalue weighted by Gasteiger charge is -2.23. The second-order valence-electron chi connectivity index (χ2n) is 7.15. The molecule has 32 heavy (non-hydrogen) atoms. The summed E-state index contributed by atoms with van der Waals surface area (Å²) in [6.45, 7) is 1.63. The van der Waals surface area contributed by atoms with Crippen LogP contribution < -0.4 is 15.2 Å². The van der Waals surface area contributed by atoms with Gasteiger partial charge < -0.3 is 23.8 Å². The topological polar surface area (TPSA) is 81.1 Å². The number of rotatable bonds is 6. The lowest BCUT2D eigenvalue weighted by molar-refractivity contribution is 0.0435. The standard InChI is InChI=1S/C23H24ClN3O5/c1-5-27(15-10-7-6-8-11-15)22(29)19-20(31-14-32-23(30)25(2)3)18-16(24)12-9-13-17(18)26(4)21(19)28/h6-13H,5,14H2,1-4H3. The third-order valence-electron chi connectivity index (χ3n) is 4.92. The predicted molar refractivity (Wildman–Crippen MR) is 124 cm³/mol. The van der Waals surface area contributed by atoms with Gasteiger partial charge in [0.25, 0.3) is 11.5 Å². The molecule has 1 heterocycles. The number of benzene rings is 2. The summed E-state index contributed by atoms with van der Waals surface area (Å²) in [5.41, 5.74) is 0.370. The number of carbonyl (C=O) groups excluding carboxylic acids is 2. The summed E-state index contributed by atoms with van der Waals surface area (Å²) < 4.78 is 12.1. The van der Waals surface area contributed by atoms with E-state index < -0.39 is 24.4 Å². The van der Waals surface area contributed by atoms with E-state index in [-0.39, 0.29) is 11.3 Å². The molecule has 0 bridgehead atoms. The van der Waals surface area contributed by atoms with Crippen molar-refractivity contribution in [1.29, 1.82) is 0 Å². The number of carbonyl (C=O) groups is 2. The number of halogens is 1. The largest absolute Gasteiger partial charge is 0.455 e. The van der Waals surface area contributed by atoms with Gasteiger partial charge >= 0.3 is 6.09 Å². The molecule has 168 valence electrons. The molecule has 1 aromatic heterocycles. The Hall–Kier alpha value is -3.52. The minimum atomic E-state index is -0.628. The summed E-state index contributed by atoms with van der Waals surface area (Å²) in [6.07, 6.45) is -0.628. The first kappa shape index (κ1) is 23.1. The Labute approximate surface area is 190 Å². The number of fused-ring (bicyclic) bond motifs is 1. The molecule has 0 saturated carbocycles. The monoisotopic (exact) mass is 457 g/mol. The summed E-state index contributed by atoms with van der Waals surface area (Å²) >= 11 is 6.45. The summed E-state index contributed by atoms with van der Waals surface area (Å²) in [6, 6.07) is 14.0. The smallest absolute Gasteiger partial charge is 0.412 e. The number of nitrogens with zero attached hydrogens (tertiary/aromatic N) is 3. The fraction of sp³-hybridized carbons (Fsp3) is 0.261. The Kier molecular flexibility index (Phi) is 7.05. The molecule has 0 saturated heterocycles. The van der Waals surface area contributed by atoms with Gasteiger partial charge in [0.05, 0.1) is 15.9 Å². The number of amides is 2. The number of anilines is 1. The highest BCUT2D eigenvalue weighted by atomic mass is 35.5. The number of ether oxygens (including phenoxy) is 2. The predicted octanol–water partition coefficient (Wildman–Crippen LogP) is 3.89. The molecule has 0 aliphatic carbocycles. The minimum absolute atomic E-state index is 0.0281. The van der Waals surface area contributed by atoms with E-state index in [1.54, 1.807) is 49.5 Å². The highest BCUT2D eigenvalue weighted by Gasteiger charge is 2.28. The van der Waals surface area contributed by atoms with E-state index in [0.29, 0.717) is 28.2 Å². The van der Waals surface area contributed by atoms with Gasteiger partial charge in [-0.3, -0.25) is 9.59 Å². The van der Waals surface area contributed by atoms with Gasteiger partial charge in [0.15, 0.2) is 5.75 Å². The van der Waals surface area contributed by atoms with Crippen LogP contribution in [0, 0.1) is 0 Å². The van der Waals surface area contributed by atoms with Crippen molar-refractivity contribution < 1.29 is 19.1 Å². The van der Waals surface area contributed by atoms with Crippen molar-refractivity contribution in [2.75, 3.05) is 32.3 Å². The number of aromatic nitrogens is 1. The third-order valence-corrected chi connectivity index (χ3v) is 5.23. The van der Waals surface area contributed by atoms with Crippen LogP contribution in [0.4, 0.5) is 10.5 Å². The Morgan fingerprint density at radius 2 is 1.75 bits per heavy atom. The molecule has 0 unspecified atom stereocenters. The minimum Gasteiger partial charge on any atom is -0.455 e. The number of hydrogen-bond donors (Lipinski definition) is 0. The molecule has 0 fully saturated rings. The van der Waals surface area contributed by atoms with Crippen LogP contribution in [0.15, 0.2) is 53.3 Å². The van der Waals surface area contributed by atoms with Gasteiger partial charge in [0, 0.05) is 33.4 Å². The van der Waals surface area contributed by atoms with Gasteiger partial charge in [-0.2, -0.15) is 0 Å². The molecule has 0 atom stereocenters. The van der Waals surface area contributed by atoms with Crippen molar-refractivity contribution in [3.63, 3.8) is 0 Å².